The lowest BCUT2D eigenvalue weighted by Gasteiger charge is -2.38. The Kier molecular flexibility index (Phi) is 11.7. The molecule has 4 aliphatic carbocycles. The van der Waals surface area contributed by atoms with Gasteiger partial charge in [-0.3, -0.25) is 4.79 Å². The number of carbonyl (C=O) groups is 4. The molecule has 51 heavy (non-hydrogen) atoms. The number of halogens is 1. The number of phenols is 1. The van der Waals surface area contributed by atoms with Crippen molar-refractivity contribution < 1.29 is 38.5 Å². The van der Waals surface area contributed by atoms with Gasteiger partial charge in [-0.05, 0) is 111 Å². The number of fused-ring (bicyclic) bond motifs is 4. The summed E-state index contributed by atoms with van der Waals surface area (Å²) in [5.41, 5.74) is 1.65. The molecule has 0 amide bonds. The normalized spacial score (nSPS) is 28.6. The molecule has 0 radical (unpaired) electrons. The van der Waals surface area contributed by atoms with Crippen LogP contribution >= 0.6 is 11.6 Å². The molecule has 276 valence electrons. The lowest BCUT2D eigenvalue weighted by atomic mass is 9.70. The van der Waals surface area contributed by atoms with Gasteiger partial charge in [0.25, 0.3) is 0 Å². The zero-order valence-corrected chi connectivity index (χ0v) is 32.0. The molecule has 0 spiro atoms. The van der Waals surface area contributed by atoms with Crippen molar-refractivity contribution in [2.24, 2.45) is 33.5 Å². The smallest absolute Gasteiger partial charge is 0.342 e. The van der Waals surface area contributed by atoms with Crippen LogP contribution in [-0.2, 0) is 19.1 Å². The van der Waals surface area contributed by atoms with Gasteiger partial charge >= 0.3 is 17.9 Å². The van der Waals surface area contributed by atoms with E-state index in [-0.39, 0.29) is 62.1 Å². The minimum Gasteiger partial charge on any atom is -0.507 e. The quantitative estimate of drug-likeness (QED) is 0.130. The summed E-state index contributed by atoms with van der Waals surface area (Å²) < 4.78 is 16.9. The topological polar surface area (TPSA) is 116 Å². The van der Waals surface area contributed by atoms with Gasteiger partial charge in [-0.2, -0.15) is 0 Å². The number of hydrogen-bond acceptors (Lipinski definition) is 8. The Morgan fingerprint density at radius 3 is 1.49 bits per heavy atom. The zero-order valence-electron chi connectivity index (χ0n) is 31.3. The van der Waals surface area contributed by atoms with Crippen molar-refractivity contribution in [1.82, 2.24) is 0 Å². The number of esters is 3. The fourth-order valence-corrected chi connectivity index (χ4v) is 8.56. The molecule has 0 heterocycles. The monoisotopic (exact) mass is 720 g/mol. The molecule has 4 bridgehead atoms. The van der Waals surface area contributed by atoms with Crippen molar-refractivity contribution >= 4 is 34.8 Å². The summed E-state index contributed by atoms with van der Waals surface area (Å²) in [7, 11) is 0. The zero-order chi connectivity index (χ0) is 38.1. The van der Waals surface area contributed by atoms with Crippen molar-refractivity contribution in [3.05, 3.63) is 84.0 Å². The molecule has 2 aromatic rings. The second-order valence-corrected chi connectivity index (χ2v) is 16.6. The highest BCUT2D eigenvalue weighted by Gasteiger charge is 2.64. The number of aromatic hydroxyl groups is 1. The number of para-hydroxylation sites is 2. The van der Waals surface area contributed by atoms with E-state index in [4.69, 9.17) is 25.8 Å². The first-order valence-corrected chi connectivity index (χ1v) is 18.1. The van der Waals surface area contributed by atoms with Crippen LogP contribution in [0.15, 0.2) is 72.8 Å². The number of benzene rings is 2. The number of rotatable bonds is 7. The first-order valence-electron chi connectivity index (χ1n) is 17.7. The van der Waals surface area contributed by atoms with E-state index in [0.29, 0.717) is 17.4 Å². The van der Waals surface area contributed by atoms with Crippen LogP contribution in [0.25, 0.3) is 0 Å². The molecule has 4 saturated carbocycles. The second-order valence-electron chi connectivity index (χ2n) is 16.2. The van der Waals surface area contributed by atoms with Gasteiger partial charge in [0.2, 0.25) is 5.24 Å². The van der Waals surface area contributed by atoms with Gasteiger partial charge in [0, 0.05) is 22.0 Å². The van der Waals surface area contributed by atoms with Gasteiger partial charge in [-0.25, -0.2) is 14.4 Å². The van der Waals surface area contributed by atoms with Crippen molar-refractivity contribution in [3.63, 3.8) is 0 Å². The van der Waals surface area contributed by atoms with Gasteiger partial charge in [0.1, 0.15) is 34.8 Å². The van der Waals surface area contributed by atoms with Crippen LogP contribution in [0.3, 0.4) is 0 Å². The maximum atomic E-state index is 12.8. The van der Waals surface area contributed by atoms with E-state index in [0.717, 1.165) is 25.7 Å². The molecular weight excluding hydrogens is 668 g/mol. The van der Waals surface area contributed by atoms with E-state index in [9.17, 15) is 24.3 Å². The molecule has 4 fully saturated rings. The van der Waals surface area contributed by atoms with Gasteiger partial charge in [0.15, 0.2) is 0 Å². The SMILES string of the molecule is C=C(C)C(=O)Cl.C=C(C)C(=O)Oc1ccccc1C(=O)OC1CC2CCC1(C)C2(C)C.CC1(C)C2CCC1(C)C(OC(=O)c1ccccc1O)C2. The highest BCUT2D eigenvalue weighted by molar-refractivity contribution is 6.67. The molecule has 8 nitrogen and oxygen atoms in total. The van der Waals surface area contributed by atoms with E-state index < -0.39 is 23.2 Å². The fourth-order valence-electron chi connectivity index (χ4n) is 8.56. The summed E-state index contributed by atoms with van der Waals surface area (Å²) in [5, 5.41) is 9.29. The summed E-state index contributed by atoms with van der Waals surface area (Å²) >= 11 is 4.87. The largest absolute Gasteiger partial charge is 0.507 e. The predicted octanol–water partition coefficient (Wildman–Crippen LogP) is 9.63. The Labute approximate surface area is 307 Å². The van der Waals surface area contributed by atoms with Crippen molar-refractivity contribution in [3.8, 4) is 11.5 Å². The van der Waals surface area contributed by atoms with Crippen molar-refractivity contribution in [2.45, 2.75) is 106 Å². The molecule has 6 atom stereocenters. The third-order valence-electron chi connectivity index (χ3n) is 13.0. The van der Waals surface area contributed by atoms with Crippen LogP contribution in [0.5, 0.6) is 11.5 Å². The Balaban J connectivity index is 0.000000201. The molecule has 6 unspecified atom stereocenters. The van der Waals surface area contributed by atoms with Gasteiger partial charge in [0.05, 0.1) is 0 Å². The van der Waals surface area contributed by atoms with Gasteiger partial charge in [-0.15, -0.1) is 0 Å². The van der Waals surface area contributed by atoms with Crippen molar-refractivity contribution in [2.75, 3.05) is 0 Å². The summed E-state index contributed by atoms with van der Waals surface area (Å²) in [4.78, 5) is 46.6. The summed E-state index contributed by atoms with van der Waals surface area (Å²) in [6.07, 6.45) is 6.34. The van der Waals surface area contributed by atoms with Crippen LogP contribution in [0.1, 0.15) is 115 Å². The first kappa shape index (κ1) is 39.9. The number of carbonyl (C=O) groups excluding carboxylic acids is 4. The summed E-state index contributed by atoms with van der Waals surface area (Å²) in [6.45, 7) is 23.6. The van der Waals surface area contributed by atoms with Crippen LogP contribution in [-0.4, -0.2) is 40.5 Å². The molecule has 4 aliphatic rings. The molecule has 9 heteroatoms. The minimum absolute atomic E-state index is 0.00332. The predicted molar refractivity (Wildman–Crippen MR) is 198 cm³/mol. The van der Waals surface area contributed by atoms with E-state index in [1.165, 1.54) is 18.9 Å². The highest BCUT2D eigenvalue weighted by atomic mass is 35.5. The lowest BCUT2D eigenvalue weighted by molar-refractivity contribution is -0.130. The van der Waals surface area contributed by atoms with E-state index in [1.54, 1.807) is 56.3 Å². The van der Waals surface area contributed by atoms with E-state index in [1.807, 2.05) is 0 Å². The Morgan fingerprint density at radius 2 is 1.12 bits per heavy atom. The molecule has 0 aromatic heterocycles. The van der Waals surface area contributed by atoms with Gasteiger partial charge < -0.3 is 19.3 Å². The lowest BCUT2D eigenvalue weighted by Crippen LogP contribution is -2.38. The Morgan fingerprint density at radius 1 is 0.706 bits per heavy atom. The minimum atomic E-state index is -0.548. The first-order chi connectivity index (χ1) is 23.7. The molecule has 6 rings (SSSR count). The number of hydrogen-bond donors (Lipinski definition) is 1. The molecule has 1 N–H and O–H groups in total. The van der Waals surface area contributed by atoms with Crippen LogP contribution in [0.4, 0.5) is 0 Å². The highest BCUT2D eigenvalue weighted by Crippen LogP contribution is 2.67. The average molecular weight is 721 g/mol. The van der Waals surface area contributed by atoms with E-state index >= 15 is 0 Å². The third-order valence-corrected chi connectivity index (χ3v) is 13.4. The number of allylic oxidation sites excluding steroid dienone is 1. The van der Waals surface area contributed by atoms with Crippen molar-refractivity contribution in [1.29, 1.82) is 0 Å². The summed E-state index contributed by atoms with van der Waals surface area (Å²) in [5.74, 6) is 0.0465. The molecule has 0 aliphatic heterocycles. The maximum absolute atomic E-state index is 12.8. The average Bonchev–Trinajstić information content (AvgIpc) is 3.58. The Bertz CT molecular complexity index is 1700. The van der Waals surface area contributed by atoms with Crippen LogP contribution in [0.2, 0.25) is 0 Å². The molecular formula is C42H53ClO8. The maximum Gasteiger partial charge on any atom is 0.342 e. The molecule has 2 aromatic carbocycles. The molecule has 0 saturated heterocycles. The Hall–Kier alpha value is -3.91. The summed E-state index contributed by atoms with van der Waals surface area (Å²) in [6, 6.07) is 13.3. The van der Waals surface area contributed by atoms with E-state index in [2.05, 4.69) is 54.7 Å². The van der Waals surface area contributed by atoms with Crippen LogP contribution < -0.4 is 4.74 Å². The number of ether oxygens (including phenoxy) is 3. The third kappa shape index (κ3) is 7.67. The number of phenolic OH excluding ortho intramolecular Hbond substituents is 1. The van der Waals surface area contributed by atoms with Gasteiger partial charge in [-0.1, -0.05) is 79.0 Å². The standard InChI is InChI=1S/C21H26O4.C17H22O3.C4H5ClO/c1-13(2)18(22)24-16-9-7-6-8-15(16)19(23)25-17-12-14-10-11-21(17,5)20(14,3)4;1-16(2)11-8-9-17(16,3)14(10-11)20-15(19)12-6-4-5-7-13(12)18;1-3(2)4(5)6/h6-9,14,17H,1,10-12H2,2-5H3;4-7,11,14,18H,8-10H2,1-3H3;1H2,2H3. The second kappa shape index (κ2) is 15.0. The fraction of sp³-hybridized carbons (Fsp3) is 0.524. The van der Waals surface area contributed by atoms with Crippen LogP contribution in [0, 0.1) is 33.5 Å².